The van der Waals surface area contributed by atoms with Crippen LogP contribution in [0.4, 0.5) is 5.69 Å². The summed E-state index contributed by atoms with van der Waals surface area (Å²) >= 11 is 5.24. The number of hydrogen-bond donors (Lipinski definition) is 1. The molecule has 1 aromatic carbocycles. The summed E-state index contributed by atoms with van der Waals surface area (Å²) in [5.74, 6) is -0.355. The van der Waals surface area contributed by atoms with E-state index in [1.165, 1.54) is 24.3 Å². The van der Waals surface area contributed by atoms with Crippen molar-refractivity contribution in [1.82, 2.24) is 10.2 Å². The Morgan fingerprint density at radius 2 is 1.76 bits per heavy atom. The monoisotopic (exact) mass is 309 g/mol. The third-order valence-corrected chi connectivity index (χ3v) is 3.20. The summed E-state index contributed by atoms with van der Waals surface area (Å²) in [5, 5.41) is 13.6. The normalized spacial score (nSPS) is 10.0. The molecular formula is C14H19N3O3S. The van der Waals surface area contributed by atoms with Crippen LogP contribution in [0.5, 0.6) is 0 Å². The van der Waals surface area contributed by atoms with Gasteiger partial charge in [0.1, 0.15) is 0 Å². The van der Waals surface area contributed by atoms with Crippen LogP contribution in [0.15, 0.2) is 24.3 Å². The van der Waals surface area contributed by atoms with Crippen molar-refractivity contribution in [3.05, 3.63) is 39.9 Å². The smallest absolute Gasteiger partial charge is 0.269 e. The van der Waals surface area contributed by atoms with Gasteiger partial charge in [-0.1, -0.05) is 13.8 Å². The lowest BCUT2D eigenvalue weighted by Crippen LogP contribution is -2.43. The molecule has 0 aliphatic carbocycles. The number of nitro groups is 1. The minimum absolute atomic E-state index is 0.0484. The second kappa shape index (κ2) is 8.31. The Hall–Kier alpha value is -2.02. The number of non-ortho nitro benzene ring substituents is 1. The number of carbonyl (C=O) groups excluding carboxylic acids is 1. The molecule has 0 spiro atoms. The molecule has 114 valence electrons. The van der Waals surface area contributed by atoms with E-state index in [1.54, 1.807) is 0 Å². The Morgan fingerprint density at radius 3 is 2.19 bits per heavy atom. The molecule has 1 amide bonds. The van der Waals surface area contributed by atoms with E-state index in [-0.39, 0.29) is 11.6 Å². The minimum Gasteiger partial charge on any atom is -0.349 e. The molecule has 1 N–H and O–H groups in total. The maximum Gasteiger partial charge on any atom is 0.269 e. The highest BCUT2D eigenvalue weighted by Crippen LogP contribution is 2.11. The zero-order chi connectivity index (χ0) is 15.8. The summed E-state index contributed by atoms with van der Waals surface area (Å²) in [4.78, 5) is 24.1. The van der Waals surface area contributed by atoms with Crippen molar-refractivity contribution in [2.75, 3.05) is 13.1 Å². The van der Waals surface area contributed by atoms with Gasteiger partial charge in [0.2, 0.25) is 0 Å². The standard InChI is InChI=1S/C14H19N3O3S/c1-3-9-16(10-4-2)14(21)15-13(18)11-5-7-12(8-6-11)17(19)20/h5-8H,3-4,9-10H2,1-2H3,(H,15,18,21). The van der Waals surface area contributed by atoms with Crippen LogP contribution in [0.1, 0.15) is 37.0 Å². The highest BCUT2D eigenvalue weighted by atomic mass is 32.1. The first-order valence-corrected chi connectivity index (χ1v) is 7.25. The molecule has 0 heterocycles. The molecule has 0 aliphatic heterocycles. The van der Waals surface area contributed by atoms with E-state index in [4.69, 9.17) is 12.2 Å². The molecule has 0 fully saturated rings. The van der Waals surface area contributed by atoms with Crippen LogP contribution in [-0.2, 0) is 0 Å². The van der Waals surface area contributed by atoms with Crippen LogP contribution >= 0.6 is 12.2 Å². The highest BCUT2D eigenvalue weighted by molar-refractivity contribution is 7.80. The predicted octanol–water partition coefficient (Wildman–Crippen LogP) is 2.73. The highest BCUT2D eigenvalue weighted by Gasteiger charge is 2.14. The molecular weight excluding hydrogens is 290 g/mol. The van der Waals surface area contributed by atoms with Gasteiger partial charge in [-0.05, 0) is 37.2 Å². The molecule has 1 aromatic rings. The van der Waals surface area contributed by atoms with E-state index >= 15 is 0 Å². The van der Waals surface area contributed by atoms with Crippen LogP contribution in [0.3, 0.4) is 0 Å². The Bertz CT molecular complexity index is 511. The molecule has 7 heteroatoms. The fourth-order valence-electron chi connectivity index (χ4n) is 1.84. The second-order valence-corrected chi connectivity index (χ2v) is 4.94. The number of nitrogens with zero attached hydrogens (tertiary/aromatic N) is 2. The van der Waals surface area contributed by atoms with Crippen molar-refractivity contribution in [2.45, 2.75) is 26.7 Å². The third kappa shape index (κ3) is 5.11. The topological polar surface area (TPSA) is 75.5 Å². The Kier molecular flexibility index (Phi) is 6.74. The zero-order valence-corrected chi connectivity index (χ0v) is 13.0. The lowest BCUT2D eigenvalue weighted by atomic mass is 10.2. The van der Waals surface area contributed by atoms with Gasteiger partial charge in [0.25, 0.3) is 11.6 Å². The Morgan fingerprint density at radius 1 is 1.24 bits per heavy atom. The predicted molar refractivity (Wildman–Crippen MR) is 85.3 cm³/mol. The number of amides is 1. The number of nitro benzene ring substituents is 1. The Balaban J connectivity index is 2.70. The number of benzene rings is 1. The van der Waals surface area contributed by atoms with E-state index in [9.17, 15) is 14.9 Å². The maximum absolute atomic E-state index is 12.1. The van der Waals surface area contributed by atoms with Gasteiger partial charge >= 0.3 is 0 Å². The van der Waals surface area contributed by atoms with Crippen LogP contribution in [-0.4, -0.2) is 33.9 Å². The molecule has 0 bridgehead atoms. The molecule has 0 radical (unpaired) electrons. The summed E-state index contributed by atoms with van der Waals surface area (Å²) in [6, 6.07) is 5.43. The van der Waals surface area contributed by atoms with E-state index in [0.717, 1.165) is 25.9 Å². The number of thiocarbonyl (C=S) groups is 1. The minimum atomic E-state index is -0.503. The third-order valence-electron chi connectivity index (χ3n) is 2.84. The summed E-state index contributed by atoms with van der Waals surface area (Å²) < 4.78 is 0. The first-order chi connectivity index (χ1) is 9.99. The van der Waals surface area contributed by atoms with Crippen molar-refractivity contribution in [2.24, 2.45) is 0 Å². The van der Waals surface area contributed by atoms with Crippen LogP contribution < -0.4 is 5.32 Å². The molecule has 6 nitrogen and oxygen atoms in total. The number of hydrogen-bond acceptors (Lipinski definition) is 4. The molecule has 0 unspecified atom stereocenters. The van der Waals surface area contributed by atoms with Crippen molar-refractivity contribution in [1.29, 1.82) is 0 Å². The van der Waals surface area contributed by atoms with E-state index < -0.39 is 4.92 Å². The maximum atomic E-state index is 12.1. The van der Waals surface area contributed by atoms with Crippen molar-refractivity contribution in [3.8, 4) is 0 Å². The SMILES string of the molecule is CCCN(CCC)C(=S)NC(=O)c1ccc([N+](=O)[O-])cc1. The van der Waals surface area contributed by atoms with Crippen LogP contribution in [0.2, 0.25) is 0 Å². The van der Waals surface area contributed by atoms with Gasteiger partial charge in [-0.3, -0.25) is 20.2 Å². The first-order valence-electron chi connectivity index (χ1n) is 6.84. The van der Waals surface area contributed by atoms with E-state index in [0.29, 0.717) is 10.7 Å². The van der Waals surface area contributed by atoms with Gasteiger partial charge in [0.15, 0.2) is 5.11 Å². The average molecular weight is 309 g/mol. The Labute approximate surface area is 129 Å². The molecule has 0 aliphatic rings. The number of rotatable bonds is 6. The van der Waals surface area contributed by atoms with Gasteiger partial charge in [-0.25, -0.2) is 0 Å². The quantitative estimate of drug-likeness (QED) is 0.497. The molecule has 0 atom stereocenters. The van der Waals surface area contributed by atoms with Gasteiger partial charge in [-0.15, -0.1) is 0 Å². The molecule has 0 aromatic heterocycles. The molecule has 21 heavy (non-hydrogen) atoms. The van der Waals surface area contributed by atoms with E-state index in [1.807, 2.05) is 18.7 Å². The van der Waals surface area contributed by atoms with Crippen molar-refractivity contribution >= 4 is 28.9 Å². The first kappa shape index (κ1) is 17.0. The lowest BCUT2D eigenvalue weighted by Gasteiger charge is -2.24. The number of carbonyl (C=O) groups is 1. The second-order valence-electron chi connectivity index (χ2n) is 4.55. The van der Waals surface area contributed by atoms with Crippen LogP contribution in [0, 0.1) is 10.1 Å². The largest absolute Gasteiger partial charge is 0.349 e. The van der Waals surface area contributed by atoms with Gasteiger partial charge in [0, 0.05) is 30.8 Å². The van der Waals surface area contributed by atoms with Crippen molar-refractivity contribution in [3.63, 3.8) is 0 Å². The van der Waals surface area contributed by atoms with Crippen molar-refractivity contribution < 1.29 is 9.72 Å². The lowest BCUT2D eigenvalue weighted by molar-refractivity contribution is -0.384. The number of nitrogens with one attached hydrogen (secondary N) is 1. The fourth-order valence-corrected chi connectivity index (χ4v) is 2.11. The summed E-state index contributed by atoms with van der Waals surface area (Å²) in [6.07, 6.45) is 1.88. The summed E-state index contributed by atoms with van der Waals surface area (Å²) in [7, 11) is 0. The van der Waals surface area contributed by atoms with E-state index in [2.05, 4.69) is 5.32 Å². The van der Waals surface area contributed by atoms with Gasteiger partial charge in [-0.2, -0.15) is 0 Å². The van der Waals surface area contributed by atoms with Crippen LogP contribution in [0.25, 0.3) is 0 Å². The zero-order valence-electron chi connectivity index (χ0n) is 12.2. The summed E-state index contributed by atoms with van der Waals surface area (Å²) in [6.45, 7) is 5.66. The van der Waals surface area contributed by atoms with Gasteiger partial charge < -0.3 is 4.90 Å². The fraction of sp³-hybridized carbons (Fsp3) is 0.429. The molecule has 0 saturated carbocycles. The van der Waals surface area contributed by atoms with Gasteiger partial charge in [0.05, 0.1) is 4.92 Å². The average Bonchev–Trinajstić information content (AvgIpc) is 2.47. The summed E-state index contributed by atoms with van der Waals surface area (Å²) in [5.41, 5.74) is 0.295. The molecule has 0 saturated heterocycles. The molecule has 1 rings (SSSR count).